The molecule has 1 fully saturated rings. The summed E-state index contributed by atoms with van der Waals surface area (Å²) in [4.78, 5) is 5.05. The predicted octanol–water partition coefficient (Wildman–Crippen LogP) is 0.996. The number of rotatable bonds is 4. The van der Waals surface area contributed by atoms with Gasteiger partial charge in [0.1, 0.15) is 0 Å². The van der Waals surface area contributed by atoms with Crippen LogP contribution in [-0.4, -0.2) is 55.1 Å². The highest BCUT2D eigenvalue weighted by atomic mass is 15.3. The van der Waals surface area contributed by atoms with Crippen LogP contribution in [0.1, 0.15) is 27.2 Å². The van der Waals surface area contributed by atoms with Crippen molar-refractivity contribution in [3.8, 4) is 0 Å². The first kappa shape index (κ1) is 12.9. The third-order valence-electron chi connectivity index (χ3n) is 3.78. The minimum Gasteiger partial charge on any atom is -0.328 e. The van der Waals surface area contributed by atoms with E-state index in [4.69, 9.17) is 5.73 Å². The maximum atomic E-state index is 5.91. The molecule has 3 heteroatoms. The summed E-state index contributed by atoms with van der Waals surface area (Å²) in [5.41, 5.74) is 5.91. The molecule has 3 unspecified atom stereocenters. The molecule has 0 aliphatic carbocycles. The van der Waals surface area contributed by atoms with Gasteiger partial charge in [0.25, 0.3) is 0 Å². The zero-order valence-corrected chi connectivity index (χ0v) is 10.7. The van der Waals surface area contributed by atoms with Crippen LogP contribution in [0, 0.1) is 5.92 Å². The highest BCUT2D eigenvalue weighted by molar-refractivity contribution is 4.81. The highest BCUT2D eigenvalue weighted by Gasteiger charge is 2.24. The largest absolute Gasteiger partial charge is 0.328 e. The van der Waals surface area contributed by atoms with Crippen LogP contribution in [-0.2, 0) is 0 Å². The number of hydrogen-bond acceptors (Lipinski definition) is 3. The molecule has 2 N–H and O–H groups in total. The van der Waals surface area contributed by atoms with Gasteiger partial charge in [-0.15, -0.1) is 0 Å². The van der Waals surface area contributed by atoms with Crippen molar-refractivity contribution in [3.63, 3.8) is 0 Å². The van der Waals surface area contributed by atoms with Gasteiger partial charge in [0.05, 0.1) is 0 Å². The van der Waals surface area contributed by atoms with Gasteiger partial charge in [0.15, 0.2) is 0 Å². The SMILES string of the molecule is CCC1CN(CC(C)C(C)N)CCN1C. The Morgan fingerprint density at radius 2 is 2.00 bits per heavy atom. The Balaban J connectivity index is 2.38. The van der Waals surface area contributed by atoms with E-state index in [0.29, 0.717) is 12.0 Å². The molecular weight excluding hydrogens is 186 g/mol. The molecule has 0 bridgehead atoms. The van der Waals surface area contributed by atoms with Gasteiger partial charge in [0, 0.05) is 38.3 Å². The lowest BCUT2D eigenvalue weighted by Gasteiger charge is -2.40. The zero-order valence-electron chi connectivity index (χ0n) is 10.7. The first-order valence-corrected chi connectivity index (χ1v) is 6.22. The summed E-state index contributed by atoms with van der Waals surface area (Å²) in [6.45, 7) is 11.4. The lowest BCUT2D eigenvalue weighted by molar-refractivity contribution is 0.0811. The molecule has 1 saturated heterocycles. The molecule has 0 amide bonds. The van der Waals surface area contributed by atoms with E-state index in [2.05, 4.69) is 37.6 Å². The van der Waals surface area contributed by atoms with Gasteiger partial charge < -0.3 is 15.5 Å². The lowest BCUT2D eigenvalue weighted by atomic mass is 10.0. The van der Waals surface area contributed by atoms with Gasteiger partial charge in [-0.1, -0.05) is 13.8 Å². The molecule has 0 radical (unpaired) electrons. The second-order valence-corrected chi connectivity index (χ2v) is 5.14. The Bertz CT molecular complexity index is 180. The summed E-state index contributed by atoms with van der Waals surface area (Å²) in [6, 6.07) is 1.05. The molecule has 15 heavy (non-hydrogen) atoms. The van der Waals surface area contributed by atoms with E-state index in [1.54, 1.807) is 0 Å². The fourth-order valence-corrected chi connectivity index (χ4v) is 2.19. The molecule has 0 aromatic heterocycles. The van der Waals surface area contributed by atoms with E-state index in [1.807, 2.05) is 0 Å². The van der Waals surface area contributed by atoms with Crippen LogP contribution < -0.4 is 5.73 Å². The summed E-state index contributed by atoms with van der Waals surface area (Å²) in [6.07, 6.45) is 1.25. The molecule has 0 aromatic carbocycles. The quantitative estimate of drug-likeness (QED) is 0.756. The Morgan fingerprint density at radius 1 is 1.33 bits per heavy atom. The molecule has 1 rings (SSSR count). The molecule has 90 valence electrons. The normalized spacial score (nSPS) is 29.0. The number of piperazine rings is 1. The molecule has 1 aliphatic rings. The van der Waals surface area contributed by atoms with Gasteiger partial charge >= 0.3 is 0 Å². The lowest BCUT2D eigenvalue weighted by Crippen LogP contribution is -2.52. The number of hydrogen-bond donors (Lipinski definition) is 1. The first-order chi connectivity index (χ1) is 7.04. The molecule has 3 nitrogen and oxygen atoms in total. The molecule has 1 aliphatic heterocycles. The van der Waals surface area contributed by atoms with E-state index >= 15 is 0 Å². The monoisotopic (exact) mass is 213 g/mol. The molecule has 1 heterocycles. The maximum absolute atomic E-state index is 5.91. The average Bonchev–Trinajstić information content (AvgIpc) is 2.20. The second kappa shape index (κ2) is 5.83. The fraction of sp³-hybridized carbons (Fsp3) is 1.00. The minimum atomic E-state index is 0.310. The smallest absolute Gasteiger partial charge is 0.0218 e. The van der Waals surface area contributed by atoms with Crippen molar-refractivity contribution in [2.75, 3.05) is 33.2 Å². The van der Waals surface area contributed by atoms with Crippen LogP contribution in [0.15, 0.2) is 0 Å². The second-order valence-electron chi connectivity index (χ2n) is 5.14. The van der Waals surface area contributed by atoms with E-state index in [9.17, 15) is 0 Å². The van der Waals surface area contributed by atoms with Crippen molar-refractivity contribution in [2.45, 2.75) is 39.3 Å². The van der Waals surface area contributed by atoms with Crippen molar-refractivity contribution >= 4 is 0 Å². The van der Waals surface area contributed by atoms with Gasteiger partial charge in [-0.25, -0.2) is 0 Å². The van der Waals surface area contributed by atoms with Gasteiger partial charge in [-0.3, -0.25) is 0 Å². The van der Waals surface area contributed by atoms with Crippen LogP contribution in [0.5, 0.6) is 0 Å². The van der Waals surface area contributed by atoms with E-state index < -0.39 is 0 Å². The Kier molecular flexibility index (Phi) is 5.03. The number of nitrogens with zero attached hydrogens (tertiary/aromatic N) is 2. The molecular formula is C12H27N3. The van der Waals surface area contributed by atoms with Gasteiger partial charge in [-0.05, 0) is 26.3 Å². The standard InChI is InChI=1S/C12H27N3/c1-5-12-9-15(7-6-14(12)4)8-10(2)11(3)13/h10-12H,5-9,13H2,1-4H3. The minimum absolute atomic E-state index is 0.310. The van der Waals surface area contributed by atoms with Crippen molar-refractivity contribution in [3.05, 3.63) is 0 Å². The predicted molar refractivity (Wildman–Crippen MR) is 66.0 cm³/mol. The first-order valence-electron chi connectivity index (χ1n) is 6.22. The number of nitrogens with two attached hydrogens (primary N) is 1. The molecule has 0 aromatic rings. The molecule has 3 atom stereocenters. The van der Waals surface area contributed by atoms with Crippen molar-refractivity contribution in [2.24, 2.45) is 11.7 Å². The summed E-state index contributed by atoms with van der Waals surface area (Å²) >= 11 is 0. The van der Waals surface area contributed by atoms with Crippen molar-refractivity contribution in [1.29, 1.82) is 0 Å². The molecule has 0 spiro atoms. The van der Waals surface area contributed by atoms with Crippen molar-refractivity contribution < 1.29 is 0 Å². The third-order valence-corrected chi connectivity index (χ3v) is 3.78. The van der Waals surface area contributed by atoms with E-state index in [1.165, 1.54) is 26.1 Å². The average molecular weight is 213 g/mol. The summed E-state index contributed by atoms with van der Waals surface area (Å²) in [5, 5.41) is 0. The summed E-state index contributed by atoms with van der Waals surface area (Å²) in [5.74, 6) is 0.603. The number of likely N-dealkylation sites (N-methyl/N-ethyl adjacent to an activating group) is 1. The van der Waals surface area contributed by atoms with Crippen LogP contribution >= 0.6 is 0 Å². The summed E-state index contributed by atoms with van der Waals surface area (Å²) < 4.78 is 0. The Hall–Kier alpha value is -0.120. The topological polar surface area (TPSA) is 32.5 Å². The van der Waals surface area contributed by atoms with Crippen molar-refractivity contribution in [1.82, 2.24) is 9.80 Å². The summed E-state index contributed by atoms with van der Waals surface area (Å²) in [7, 11) is 2.24. The third kappa shape index (κ3) is 3.74. The fourth-order valence-electron chi connectivity index (χ4n) is 2.19. The maximum Gasteiger partial charge on any atom is 0.0218 e. The zero-order chi connectivity index (χ0) is 11.4. The van der Waals surface area contributed by atoms with Crippen LogP contribution in [0.25, 0.3) is 0 Å². The Labute approximate surface area is 94.6 Å². The van der Waals surface area contributed by atoms with Crippen LogP contribution in [0.2, 0.25) is 0 Å². The van der Waals surface area contributed by atoms with Gasteiger partial charge in [-0.2, -0.15) is 0 Å². The highest BCUT2D eigenvalue weighted by Crippen LogP contribution is 2.13. The molecule has 0 saturated carbocycles. The van der Waals surface area contributed by atoms with Gasteiger partial charge in [0.2, 0.25) is 0 Å². The van der Waals surface area contributed by atoms with E-state index in [-0.39, 0.29) is 0 Å². The Morgan fingerprint density at radius 3 is 2.53 bits per heavy atom. The van der Waals surface area contributed by atoms with Crippen LogP contribution in [0.3, 0.4) is 0 Å². The van der Waals surface area contributed by atoms with Crippen LogP contribution in [0.4, 0.5) is 0 Å². The van der Waals surface area contributed by atoms with E-state index in [0.717, 1.165) is 12.6 Å².